The quantitative estimate of drug-likeness (QED) is 0.201. The molecular weight excluding hydrogens is 437 g/mol. The first-order valence-electron chi connectivity index (χ1n) is 11.5. The topological polar surface area (TPSA) is 39.2 Å². The van der Waals surface area contributed by atoms with Gasteiger partial charge in [0.1, 0.15) is 11.6 Å². The van der Waals surface area contributed by atoms with Gasteiger partial charge in [-0.15, -0.1) is 0 Å². The fourth-order valence-electron chi connectivity index (χ4n) is 4.29. The molecule has 0 fully saturated rings. The normalized spacial score (nSPS) is 10.9. The number of benzene rings is 4. The second-order valence-corrected chi connectivity index (χ2v) is 8.74. The SMILES string of the molecule is Cc1cc(C)c2nc(-c3ccc(F)cc3)cc(C(=O)Oc3ccc(Cc4ccccc4)cc3)c2c1. The van der Waals surface area contributed by atoms with Crippen molar-refractivity contribution in [3.8, 4) is 17.0 Å². The van der Waals surface area contributed by atoms with E-state index >= 15 is 0 Å². The summed E-state index contributed by atoms with van der Waals surface area (Å²) in [5.41, 5.74) is 6.82. The predicted molar refractivity (Wildman–Crippen MR) is 137 cm³/mol. The average molecular weight is 462 g/mol. The minimum absolute atomic E-state index is 0.323. The number of hydrogen-bond donors (Lipinski definition) is 0. The first-order chi connectivity index (χ1) is 17.0. The van der Waals surface area contributed by atoms with Crippen molar-refractivity contribution in [1.29, 1.82) is 0 Å². The van der Waals surface area contributed by atoms with E-state index in [9.17, 15) is 9.18 Å². The summed E-state index contributed by atoms with van der Waals surface area (Å²) in [5.74, 6) is -0.303. The molecule has 0 aliphatic carbocycles. The molecule has 0 aliphatic rings. The number of fused-ring (bicyclic) bond motifs is 1. The third-order valence-corrected chi connectivity index (χ3v) is 5.99. The van der Waals surface area contributed by atoms with Crippen molar-refractivity contribution in [2.45, 2.75) is 20.3 Å². The third kappa shape index (κ3) is 4.97. The molecule has 0 radical (unpaired) electrons. The Labute approximate surface area is 203 Å². The number of aryl methyl sites for hydroxylation is 2. The Hall–Kier alpha value is -4.31. The molecule has 0 atom stereocenters. The maximum Gasteiger partial charge on any atom is 0.344 e. The van der Waals surface area contributed by atoms with Gasteiger partial charge in [-0.1, -0.05) is 54.1 Å². The Balaban J connectivity index is 1.48. The fraction of sp³-hybridized carbons (Fsp3) is 0.0968. The molecule has 3 nitrogen and oxygen atoms in total. The minimum atomic E-state index is -0.457. The van der Waals surface area contributed by atoms with E-state index < -0.39 is 5.97 Å². The summed E-state index contributed by atoms with van der Waals surface area (Å²) < 4.78 is 19.2. The van der Waals surface area contributed by atoms with E-state index in [0.717, 1.165) is 39.6 Å². The Bertz CT molecular complexity index is 1510. The highest BCUT2D eigenvalue weighted by Crippen LogP contribution is 2.29. The summed E-state index contributed by atoms with van der Waals surface area (Å²) in [4.78, 5) is 18.1. The molecule has 0 saturated carbocycles. The molecule has 1 aromatic heterocycles. The third-order valence-electron chi connectivity index (χ3n) is 5.99. The van der Waals surface area contributed by atoms with Crippen LogP contribution in [0.1, 0.15) is 32.6 Å². The van der Waals surface area contributed by atoms with Crippen molar-refractivity contribution < 1.29 is 13.9 Å². The molecule has 0 N–H and O–H groups in total. The van der Waals surface area contributed by atoms with Gasteiger partial charge < -0.3 is 4.74 Å². The van der Waals surface area contributed by atoms with Crippen LogP contribution < -0.4 is 4.74 Å². The first-order valence-corrected chi connectivity index (χ1v) is 11.5. The van der Waals surface area contributed by atoms with Gasteiger partial charge in [-0.3, -0.25) is 0 Å². The van der Waals surface area contributed by atoms with Crippen LogP contribution in [0.25, 0.3) is 22.2 Å². The van der Waals surface area contributed by atoms with Gasteiger partial charge in [-0.25, -0.2) is 14.2 Å². The molecule has 0 saturated heterocycles. The van der Waals surface area contributed by atoms with Gasteiger partial charge in [0.15, 0.2) is 0 Å². The second-order valence-electron chi connectivity index (χ2n) is 8.74. The van der Waals surface area contributed by atoms with Gasteiger partial charge in [0, 0.05) is 10.9 Å². The van der Waals surface area contributed by atoms with E-state index in [-0.39, 0.29) is 5.82 Å². The lowest BCUT2D eigenvalue weighted by Gasteiger charge is -2.13. The monoisotopic (exact) mass is 461 g/mol. The van der Waals surface area contributed by atoms with Gasteiger partial charge in [0.2, 0.25) is 0 Å². The molecule has 0 aliphatic heterocycles. The number of pyridine rings is 1. The Morgan fingerprint density at radius 1 is 0.829 bits per heavy atom. The minimum Gasteiger partial charge on any atom is -0.423 e. The lowest BCUT2D eigenvalue weighted by atomic mass is 10.00. The number of carbonyl (C=O) groups is 1. The summed E-state index contributed by atoms with van der Waals surface area (Å²) in [7, 11) is 0. The number of halogens is 1. The molecule has 5 aromatic rings. The van der Waals surface area contributed by atoms with Crippen LogP contribution in [-0.2, 0) is 6.42 Å². The highest BCUT2D eigenvalue weighted by Gasteiger charge is 2.18. The number of aromatic nitrogens is 1. The van der Waals surface area contributed by atoms with E-state index in [4.69, 9.17) is 9.72 Å². The smallest absolute Gasteiger partial charge is 0.344 e. The van der Waals surface area contributed by atoms with Gasteiger partial charge in [-0.05, 0) is 85.5 Å². The van der Waals surface area contributed by atoms with Crippen molar-refractivity contribution in [3.05, 3.63) is 131 Å². The summed E-state index contributed by atoms with van der Waals surface area (Å²) in [6, 6.07) is 29.6. The van der Waals surface area contributed by atoms with Gasteiger partial charge >= 0.3 is 5.97 Å². The van der Waals surface area contributed by atoms with Crippen LogP contribution in [0, 0.1) is 19.7 Å². The largest absolute Gasteiger partial charge is 0.423 e. The molecule has 1 heterocycles. The van der Waals surface area contributed by atoms with Crippen molar-refractivity contribution >= 4 is 16.9 Å². The zero-order valence-electron chi connectivity index (χ0n) is 19.6. The van der Waals surface area contributed by atoms with Crippen LogP contribution in [0.2, 0.25) is 0 Å². The van der Waals surface area contributed by atoms with E-state index in [2.05, 4.69) is 12.1 Å². The lowest BCUT2D eigenvalue weighted by molar-refractivity contribution is 0.0736. The molecule has 4 aromatic carbocycles. The van der Waals surface area contributed by atoms with E-state index in [1.54, 1.807) is 18.2 Å². The predicted octanol–water partition coefficient (Wildman–Crippen LogP) is 7.47. The molecular formula is C31H24FNO2. The molecule has 0 amide bonds. The lowest BCUT2D eigenvalue weighted by Crippen LogP contribution is -2.10. The summed E-state index contributed by atoms with van der Waals surface area (Å²) in [5, 5.41) is 0.735. The first kappa shape index (κ1) is 22.5. The second kappa shape index (κ2) is 9.51. The average Bonchev–Trinajstić information content (AvgIpc) is 2.86. The Morgan fingerprint density at radius 3 is 2.23 bits per heavy atom. The zero-order valence-corrected chi connectivity index (χ0v) is 19.6. The number of ether oxygens (including phenoxy) is 1. The fourth-order valence-corrected chi connectivity index (χ4v) is 4.29. The van der Waals surface area contributed by atoms with Crippen molar-refractivity contribution in [1.82, 2.24) is 4.98 Å². The van der Waals surface area contributed by atoms with Gasteiger partial charge in [-0.2, -0.15) is 0 Å². The van der Waals surface area contributed by atoms with Crippen LogP contribution in [0.5, 0.6) is 5.75 Å². The van der Waals surface area contributed by atoms with E-state index in [0.29, 0.717) is 17.0 Å². The van der Waals surface area contributed by atoms with Crippen LogP contribution in [-0.4, -0.2) is 11.0 Å². The highest BCUT2D eigenvalue weighted by molar-refractivity contribution is 6.06. The number of esters is 1. The van der Waals surface area contributed by atoms with Crippen molar-refractivity contribution in [3.63, 3.8) is 0 Å². The zero-order chi connectivity index (χ0) is 24.4. The molecule has 35 heavy (non-hydrogen) atoms. The molecule has 5 rings (SSSR count). The molecule has 0 spiro atoms. The molecule has 0 unspecified atom stereocenters. The van der Waals surface area contributed by atoms with Crippen LogP contribution in [0.3, 0.4) is 0 Å². The van der Waals surface area contributed by atoms with Gasteiger partial charge in [0.05, 0.1) is 16.8 Å². The summed E-state index contributed by atoms with van der Waals surface area (Å²) >= 11 is 0. The number of rotatable bonds is 5. The van der Waals surface area contributed by atoms with Crippen molar-refractivity contribution in [2.75, 3.05) is 0 Å². The number of hydrogen-bond acceptors (Lipinski definition) is 3. The molecule has 0 bridgehead atoms. The van der Waals surface area contributed by atoms with E-state index in [1.165, 1.54) is 17.7 Å². The van der Waals surface area contributed by atoms with Crippen LogP contribution in [0.15, 0.2) is 97.1 Å². The number of nitrogens with zero attached hydrogens (tertiary/aromatic N) is 1. The maximum absolute atomic E-state index is 13.5. The van der Waals surface area contributed by atoms with E-state index in [1.807, 2.05) is 68.4 Å². The molecule has 4 heteroatoms. The maximum atomic E-state index is 13.5. The standard InChI is InChI=1S/C31H24FNO2/c1-20-16-21(2)30-27(17-20)28(19-29(33-30)24-10-12-25(32)13-11-24)31(34)35-26-14-8-23(9-15-26)18-22-6-4-3-5-7-22/h3-17,19H,18H2,1-2H3. The van der Waals surface area contributed by atoms with Crippen molar-refractivity contribution in [2.24, 2.45) is 0 Å². The Morgan fingerprint density at radius 2 is 1.51 bits per heavy atom. The van der Waals surface area contributed by atoms with Gasteiger partial charge in [0.25, 0.3) is 0 Å². The summed E-state index contributed by atoms with van der Waals surface area (Å²) in [6.45, 7) is 3.96. The van der Waals surface area contributed by atoms with Crippen LogP contribution in [0.4, 0.5) is 4.39 Å². The summed E-state index contributed by atoms with van der Waals surface area (Å²) in [6.07, 6.45) is 0.809. The number of carbonyl (C=O) groups excluding carboxylic acids is 1. The molecule has 172 valence electrons. The Kier molecular flexibility index (Phi) is 6.11. The van der Waals surface area contributed by atoms with Crippen LogP contribution >= 0.6 is 0 Å². The highest BCUT2D eigenvalue weighted by atomic mass is 19.1.